The molecule has 2 N–H and O–H groups in total. The molecular weight excluding hydrogens is 352 g/mol. The number of nitrogens with one attached hydrogen (secondary N) is 2. The molecular formula is C21H30N6O. The Kier molecular flexibility index (Phi) is 7.58. The SMILES string of the molecule is CCNc1cc(N2CCC[C@@H](CCC(=O)NCCc3ccncc3)C2)ncn1. The molecule has 1 saturated heterocycles. The molecule has 150 valence electrons. The lowest BCUT2D eigenvalue weighted by molar-refractivity contribution is -0.121. The normalized spacial score (nSPS) is 16.6. The first-order valence-electron chi connectivity index (χ1n) is 10.2. The molecule has 2 aromatic heterocycles. The van der Waals surface area contributed by atoms with Crippen LogP contribution in [0.3, 0.4) is 0 Å². The molecule has 0 unspecified atom stereocenters. The lowest BCUT2D eigenvalue weighted by Gasteiger charge is -2.33. The molecule has 1 aliphatic heterocycles. The van der Waals surface area contributed by atoms with Crippen LogP contribution in [-0.2, 0) is 11.2 Å². The molecule has 2 aromatic rings. The average molecular weight is 383 g/mol. The lowest BCUT2D eigenvalue weighted by Crippen LogP contribution is -2.36. The van der Waals surface area contributed by atoms with Gasteiger partial charge in [0.1, 0.15) is 18.0 Å². The minimum atomic E-state index is 0.141. The monoisotopic (exact) mass is 382 g/mol. The van der Waals surface area contributed by atoms with Gasteiger partial charge in [-0.3, -0.25) is 9.78 Å². The largest absolute Gasteiger partial charge is 0.370 e. The van der Waals surface area contributed by atoms with Gasteiger partial charge in [0.2, 0.25) is 5.91 Å². The second-order valence-electron chi connectivity index (χ2n) is 7.24. The van der Waals surface area contributed by atoms with Crippen molar-refractivity contribution < 1.29 is 4.79 Å². The molecule has 0 aromatic carbocycles. The van der Waals surface area contributed by atoms with Crippen molar-refractivity contribution in [2.24, 2.45) is 5.92 Å². The number of hydrogen-bond acceptors (Lipinski definition) is 6. The number of nitrogens with zero attached hydrogens (tertiary/aromatic N) is 4. The van der Waals surface area contributed by atoms with E-state index >= 15 is 0 Å². The molecule has 0 bridgehead atoms. The first kappa shape index (κ1) is 20.0. The molecule has 1 fully saturated rings. The van der Waals surface area contributed by atoms with Crippen LogP contribution >= 0.6 is 0 Å². The van der Waals surface area contributed by atoms with Crippen LogP contribution in [0.2, 0.25) is 0 Å². The quantitative estimate of drug-likeness (QED) is 0.694. The van der Waals surface area contributed by atoms with E-state index < -0.39 is 0 Å². The number of anilines is 2. The maximum absolute atomic E-state index is 12.2. The molecule has 7 nitrogen and oxygen atoms in total. The number of carbonyl (C=O) groups is 1. The molecule has 3 rings (SSSR count). The Bertz CT molecular complexity index is 739. The summed E-state index contributed by atoms with van der Waals surface area (Å²) in [7, 11) is 0. The fourth-order valence-electron chi connectivity index (χ4n) is 3.63. The number of aromatic nitrogens is 3. The van der Waals surface area contributed by atoms with Gasteiger partial charge in [-0.1, -0.05) is 0 Å². The number of carbonyl (C=O) groups excluding carboxylic acids is 1. The van der Waals surface area contributed by atoms with Crippen molar-refractivity contribution in [3.8, 4) is 0 Å². The van der Waals surface area contributed by atoms with Gasteiger partial charge in [0.25, 0.3) is 0 Å². The van der Waals surface area contributed by atoms with Crippen LogP contribution in [0.1, 0.15) is 38.2 Å². The Balaban J connectivity index is 1.41. The summed E-state index contributed by atoms with van der Waals surface area (Å²) < 4.78 is 0. The molecule has 0 aliphatic carbocycles. The van der Waals surface area contributed by atoms with E-state index in [4.69, 9.17) is 0 Å². The van der Waals surface area contributed by atoms with Gasteiger partial charge < -0.3 is 15.5 Å². The van der Waals surface area contributed by atoms with Crippen LogP contribution in [-0.4, -0.2) is 47.0 Å². The smallest absolute Gasteiger partial charge is 0.220 e. The predicted octanol–water partition coefficient (Wildman–Crippen LogP) is 2.66. The van der Waals surface area contributed by atoms with Gasteiger partial charge in [-0.25, -0.2) is 9.97 Å². The first-order valence-corrected chi connectivity index (χ1v) is 10.2. The van der Waals surface area contributed by atoms with Gasteiger partial charge in [-0.2, -0.15) is 0 Å². The van der Waals surface area contributed by atoms with Gasteiger partial charge in [0.15, 0.2) is 0 Å². The fourth-order valence-corrected chi connectivity index (χ4v) is 3.63. The topological polar surface area (TPSA) is 83.0 Å². The van der Waals surface area contributed by atoms with Crippen molar-refractivity contribution in [2.75, 3.05) is 36.4 Å². The first-order chi connectivity index (χ1) is 13.7. The van der Waals surface area contributed by atoms with Crippen LogP contribution in [0.25, 0.3) is 0 Å². The Morgan fingerprint density at radius 2 is 2.14 bits per heavy atom. The maximum Gasteiger partial charge on any atom is 0.220 e. The Hall–Kier alpha value is -2.70. The summed E-state index contributed by atoms with van der Waals surface area (Å²) in [5.74, 6) is 2.50. The minimum Gasteiger partial charge on any atom is -0.370 e. The van der Waals surface area contributed by atoms with E-state index in [2.05, 4.69) is 37.4 Å². The van der Waals surface area contributed by atoms with E-state index in [1.165, 1.54) is 12.0 Å². The zero-order chi connectivity index (χ0) is 19.6. The van der Waals surface area contributed by atoms with Crippen molar-refractivity contribution >= 4 is 17.5 Å². The van der Waals surface area contributed by atoms with Crippen molar-refractivity contribution in [3.63, 3.8) is 0 Å². The van der Waals surface area contributed by atoms with Gasteiger partial charge in [-0.05, 0) is 56.2 Å². The van der Waals surface area contributed by atoms with Gasteiger partial charge in [0.05, 0.1) is 0 Å². The number of pyridine rings is 1. The molecule has 1 aliphatic rings. The van der Waals surface area contributed by atoms with Crippen LogP contribution < -0.4 is 15.5 Å². The van der Waals surface area contributed by atoms with E-state index in [0.29, 0.717) is 18.9 Å². The number of piperidine rings is 1. The summed E-state index contributed by atoms with van der Waals surface area (Å²) >= 11 is 0. The van der Waals surface area contributed by atoms with Gasteiger partial charge in [-0.15, -0.1) is 0 Å². The summed E-state index contributed by atoms with van der Waals surface area (Å²) in [6.45, 7) is 5.54. The number of rotatable bonds is 9. The minimum absolute atomic E-state index is 0.141. The lowest BCUT2D eigenvalue weighted by atomic mass is 9.93. The summed E-state index contributed by atoms with van der Waals surface area (Å²) in [5.41, 5.74) is 1.19. The van der Waals surface area contributed by atoms with Crippen LogP contribution in [0.4, 0.5) is 11.6 Å². The fraction of sp³-hybridized carbons (Fsp3) is 0.524. The van der Waals surface area contributed by atoms with Crippen molar-refractivity contribution in [1.82, 2.24) is 20.3 Å². The van der Waals surface area contributed by atoms with Crippen molar-refractivity contribution in [3.05, 3.63) is 42.5 Å². The van der Waals surface area contributed by atoms with E-state index in [1.807, 2.05) is 18.2 Å². The zero-order valence-corrected chi connectivity index (χ0v) is 16.6. The molecule has 7 heteroatoms. The summed E-state index contributed by atoms with van der Waals surface area (Å²) in [6.07, 6.45) is 9.83. The van der Waals surface area contributed by atoms with Gasteiger partial charge in [0, 0.05) is 51.1 Å². The summed E-state index contributed by atoms with van der Waals surface area (Å²) in [6, 6.07) is 5.98. The third kappa shape index (κ3) is 6.18. The van der Waals surface area contributed by atoms with Crippen molar-refractivity contribution in [2.45, 2.75) is 39.0 Å². The van der Waals surface area contributed by atoms with Crippen molar-refractivity contribution in [1.29, 1.82) is 0 Å². The Morgan fingerprint density at radius 3 is 2.96 bits per heavy atom. The van der Waals surface area contributed by atoms with E-state index in [9.17, 15) is 4.79 Å². The summed E-state index contributed by atoms with van der Waals surface area (Å²) in [5, 5.41) is 6.27. The predicted molar refractivity (Wildman–Crippen MR) is 111 cm³/mol. The molecule has 0 saturated carbocycles. The second kappa shape index (κ2) is 10.6. The third-order valence-electron chi connectivity index (χ3n) is 5.12. The Labute approximate surface area is 167 Å². The molecule has 3 heterocycles. The van der Waals surface area contributed by atoms with Crippen LogP contribution in [0.15, 0.2) is 36.9 Å². The molecule has 0 spiro atoms. The number of amides is 1. The highest BCUT2D eigenvalue weighted by Crippen LogP contribution is 2.25. The van der Waals surface area contributed by atoms with Gasteiger partial charge >= 0.3 is 0 Å². The summed E-state index contributed by atoms with van der Waals surface area (Å²) in [4.78, 5) is 27.2. The standard InChI is InChI=1S/C21H30N6O/c1-2-23-19-14-20(26-16-25-19)27-13-3-4-18(15-27)5-6-21(28)24-12-9-17-7-10-22-11-8-17/h7-8,10-11,14,16,18H,2-6,9,12-13,15H2,1H3,(H,24,28)(H,23,25,26)/t18-/m0/s1. The number of hydrogen-bond donors (Lipinski definition) is 2. The van der Waals surface area contributed by atoms with Crippen LogP contribution in [0, 0.1) is 5.92 Å². The van der Waals surface area contributed by atoms with E-state index in [-0.39, 0.29) is 5.91 Å². The average Bonchev–Trinajstić information content (AvgIpc) is 2.74. The zero-order valence-electron chi connectivity index (χ0n) is 16.6. The molecule has 0 radical (unpaired) electrons. The van der Waals surface area contributed by atoms with Crippen LogP contribution in [0.5, 0.6) is 0 Å². The maximum atomic E-state index is 12.2. The molecule has 1 atom stereocenters. The second-order valence-corrected chi connectivity index (χ2v) is 7.24. The highest BCUT2D eigenvalue weighted by Gasteiger charge is 2.22. The third-order valence-corrected chi connectivity index (χ3v) is 5.12. The Morgan fingerprint density at radius 1 is 1.29 bits per heavy atom. The van der Waals surface area contributed by atoms with E-state index in [0.717, 1.165) is 50.5 Å². The van der Waals surface area contributed by atoms with E-state index in [1.54, 1.807) is 18.7 Å². The molecule has 1 amide bonds. The highest BCUT2D eigenvalue weighted by molar-refractivity contribution is 5.75. The highest BCUT2D eigenvalue weighted by atomic mass is 16.1. The molecule has 28 heavy (non-hydrogen) atoms.